The highest BCUT2D eigenvalue weighted by molar-refractivity contribution is 6.35. The highest BCUT2D eigenvalue weighted by atomic mass is 35.5. The van der Waals surface area contributed by atoms with E-state index in [1.165, 1.54) is 43.3 Å². The lowest BCUT2D eigenvalue weighted by molar-refractivity contribution is 0.100. The maximum atomic E-state index is 13.5. The summed E-state index contributed by atoms with van der Waals surface area (Å²) in [5.74, 6) is -1.79. The van der Waals surface area contributed by atoms with Crippen molar-refractivity contribution in [1.29, 1.82) is 0 Å². The Morgan fingerprint density at radius 1 is 0.627 bits per heavy atom. The number of aryl methyl sites for hydroxylation is 2. The van der Waals surface area contributed by atoms with Gasteiger partial charge in [-0.05, 0) is 53.6 Å². The highest BCUT2D eigenvalue weighted by Gasteiger charge is 2.24. The first-order chi connectivity index (χ1) is 24.3. The quantitative estimate of drug-likeness (QED) is 0.152. The zero-order valence-corrected chi connectivity index (χ0v) is 28.2. The van der Waals surface area contributed by atoms with Gasteiger partial charge in [0.1, 0.15) is 17.2 Å². The predicted molar refractivity (Wildman–Crippen MR) is 186 cm³/mol. The molecular weight excluding hydrogens is 714 g/mol. The Morgan fingerprint density at radius 2 is 1.08 bits per heavy atom. The van der Waals surface area contributed by atoms with Crippen LogP contribution in [0.15, 0.2) is 103 Å². The molecule has 0 radical (unpaired) electrons. The van der Waals surface area contributed by atoms with Crippen molar-refractivity contribution >= 4 is 46.4 Å². The fourth-order valence-electron chi connectivity index (χ4n) is 5.12. The van der Waals surface area contributed by atoms with E-state index in [0.717, 1.165) is 4.68 Å². The van der Waals surface area contributed by atoms with E-state index in [4.69, 9.17) is 23.2 Å². The summed E-state index contributed by atoms with van der Waals surface area (Å²) in [6.07, 6.45) is -3.21. The van der Waals surface area contributed by atoms with E-state index in [-0.39, 0.29) is 11.1 Å². The molecule has 2 aromatic heterocycles. The number of benzene rings is 4. The topological polar surface area (TPSA) is 93.8 Å². The second kappa shape index (κ2) is 16.0. The van der Waals surface area contributed by atoms with Gasteiger partial charge in [-0.25, -0.2) is 22.0 Å². The van der Waals surface area contributed by atoms with Crippen LogP contribution in [0.5, 0.6) is 0 Å². The van der Waals surface area contributed by atoms with Gasteiger partial charge >= 0.3 is 0 Å². The fourth-order valence-corrected chi connectivity index (χ4v) is 5.64. The number of alkyl halides is 4. The van der Waals surface area contributed by atoms with Crippen LogP contribution in [0.2, 0.25) is 10.0 Å². The molecule has 15 heteroatoms. The smallest absolute Gasteiger partial charge is 0.282 e. The molecule has 262 valence electrons. The number of carbonyl (C=O) groups excluding carboxylic acids is 2. The number of para-hydroxylation sites is 2. The standard InChI is InChI=1S/C18H13Cl2F2N3O.C18H14F3N3O/c1-25-9-14(16(24-25)17(21)22)18(26)23-15-5-3-2-4-13(15)10-6-11(19)8-12(20)7-10;1-24-10-14(16(23-24)17(20)21)18(25)22-15-8-3-2-7-13(15)11-5-4-6-12(19)9-11/h2-9,17H,1H3,(H,23,26);2-10,17H,1H3,(H,22,25). The Hall–Kier alpha value is -5.53. The van der Waals surface area contributed by atoms with Gasteiger partial charge in [-0.15, -0.1) is 0 Å². The van der Waals surface area contributed by atoms with Crippen LogP contribution in [0.4, 0.5) is 33.3 Å². The summed E-state index contributed by atoms with van der Waals surface area (Å²) in [5, 5.41) is 13.4. The number of amides is 2. The summed E-state index contributed by atoms with van der Waals surface area (Å²) in [7, 11) is 2.94. The highest BCUT2D eigenvalue weighted by Crippen LogP contribution is 2.33. The maximum absolute atomic E-state index is 13.5. The molecule has 6 rings (SSSR count). The summed E-state index contributed by atoms with van der Waals surface area (Å²) in [6, 6.07) is 24.6. The van der Waals surface area contributed by atoms with Crippen LogP contribution in [0, 0.1) is 5.82 Å². The van der Waals surface area contributed by atoms with Crippen LogP contribution in [-0.4, -0.2) is 31.4 Å². The van der Waals surface area contributed by atoms with E-state index in [1.54, 1.807) is 78.9 Å². The number of nitrogens with zero attached hydrogens (tertiary/aromatic N) is 4. The number of halogens is 7. The molecule has 0 spiro atoms. The number of hydrogen-bond donors (Lipinski definition) is 2. The summed E-state index contributed by atoms with van der Waals surface area (Å²) in [5.41, 5.74) is 1.81. The summed E-state index contributed by atoms with van der Waals surface area (Å²) >= 11 is 12.1. The normalized spacial score (nSPS) is 11.0. The third-order valence-electron chi connectivity index (χ3n) is 7.28. The largest absolute Gasteiger partial charge is 0.321 e. The second-order valence-corrected chi connectivity index (χ2v) is 11.8. The lowest BCUT2D eigenvalue weighted by Crippen LogP contribution is -2.14. The van der Waals surface area contributed by atoms with Crippen molar-refractivity contribution in [3.63, 3.8) is 0 Å². The zero-order valence-electron chi connectivity index (χ0n) is 26.7. The molecule has 2 amide bonds. The molecule has 0 aliphatic rings. The average Bonchev–Trinajstić information content (AvgIpc) is 3.68. The number of rotatable bonds is 8. The molecule has 0 aliphatic heterocycles. The van der Waals surface area contributed by atoms with E-state index < -0.39 is 41.9 Å². The van der Waals surface area contributed by atoms with E-state index in [9.17, 15) is 31.5 Å². The first-order valence-electron chi connectivity index (χ1n) is 15.0. The molecule has 4 aromatic carbocycles. The van der Waals surface area contributed by atoms with Gasteiger partial charge in [-0.2, -0.15) is 10.2 Å². The monoisotopic (exact) mass is 740 g/mol. The van der Waals surface area contributed by atoms with Gasteiger partial charge in [0.05, 0.1) is 11.1 Å². The number of nitrogens with one attached hydrogen (secondary N) is 2. The van der Waals surface area contributed by atoms with Gasteiger partial charge in [0.25, 0.3) is 24.7 Å². The molecule has 0 saturated carbocycles. The van der Waals surface area contributed by atoms with Crippen LogP contribution in [0.25, 0.3) is 22.3 Å². The third-order valence-corrected chi connectivity index (χ3v) is 7.71. The van der Waals surface area contributed by atoms with Gasteiger partial charge in [0.2, 0.25) is 0 Å². The molecule has 51 heavy (non-hydrogen) atoms. The lowest BCUT2D eigenvalue weighted by atomic mass is 10.0. The average molecular weight is 742 g/mol. The van der Waals surface area contributed by atoms with E-state index in [0.29, 0.717) is 43.7 Å². The Labute approximate surface area is 298 Å². The Balaban J connectivity index is 0.000000198. The molecular formula is C36H27Cl2F5N6O2. The Bertz CT molecular complexity index is 2180. The van der Waals surface area contributed by atoms with Crippen LogP contribution >= 0.6 is 23.2 Å². The molecule has 2 N–H and O–H groups in total. The molecule has 0 unspecified atom stereocenters. The lowest BCUT2D eigenvalue weighted by Gasteiger charge is -2.12. The van der Waals surface area contributed by atoms with Crippen LogP contribution in [0.1, 0.15) is 45.0 Å². The van der Waals surface area contributed by atoms with Crippen LogP contribution in [-0.2, 0) is 14.1 Å². The first-order valence-corrected chi connectivity index (χ1v) is 15.7. The predicted octanol–water partition coefficient (Wildman–Crippen LogP) is 10.00. The van der Waals surface area contributed by atoms with Crippen molar-refractivity contribution in [3.05, 3.63) is 142 Å². The van der Waals surface area contributed by atoms with Gasteiger partial charge in [0.15, 0.2) is 0 Å². The number of hydrogen-bond acceptors (Lipinski definition) is 4. The molecule has 0 fully saturated rings. The van der Waals surface area contributed by atoms with Gasteiger partial charge in [-0.3, -0.25) is 19.0 Å². The van der Waals surface area contributed by atoms with Crippen molar-refractivity contribution in [2.75, 3.05) is 10.6 Å². The van der Waals surface area contributed by atoms with E-state index in [2.05, 4.69) is 20.8 Å². The number of carbonyl (C=O) groups is 2. The molecule has 2 heterocycles. The summed E-state index contributed by atoms with van der Waals surface area (Å²) in [4.78, 5) is 25.0. The fraction of sp³-hybridized carbons (Fsp3) is 0.111. The molecule has 0 aliphatic carbocycles. The minimum absolute atomic E-state index is 0.179. The minimum Gasteiger partial charge on any atom is -0.321 e. The molecule has 6 aromatic rings. The maximum Gasteiger partial charge on any atom is 0.282 e. The summed E-state index contributed by atoms with van der Waals surface area (Å²) in [6.45, 7) is 0. The van der Waals surface area contributed by atoms with E-state index >= 15 is 0 Å². The molecule has 0 atom stereocenters. The van der Waals surface area contributed by atoms with Crippen molar-refractivity contribution in [1.82, 2.24) is 19.6 Å². The third kappa shape index (κ3) is 8.99. The van der Waals surface area contributed by atoms with E-state index in [1.807, 2.05) is 0 Å². The molecule has 8 nitrogen and oxygen atoms in total. The minimum atomic E-state index is -2.86. The second-order valence-electron chi connectivity index (χ2n) is 11.0. The molecule has 0 bridgehead atoms. The van der Waals surface area contributed by atoms with Crippen molar-refractivity contribution in [2.45, 2.75) is 12.9 Å². The van der Waals surface area contributed by atoms with Crippen molar-refractivity contribution in [3.8, 4) is 22.3 Å². The van der Waals surface area contributed by atoms with Crippen molar-refractivity contribution < 1.29 is 31.5 Å². The van der Waals surface area contributed by atoms with Gasteiger partial charge in [0, 0.05) is 59.0 Å². The van der Waals surface area contributed by atoms with Crippen molar-refractivity contribution in [2.24, 2.45) is 14.1 Å². The molecule has 0 saturated heterocycles. The first kappa shape index (κ1) is 36.7. The summed E-state index contributed by atoms with van der Waals surface area (Å²) < 4.78 is 68.1. The Morgan fingerprint density at radius 3 is 1.53 bits per heavy atom. The van der Waals surface area contributed by atoms with Gasteiger partial charge in [-0.1, -0.05) is 71.7 Å². The Kier molecular flexibility index (Phi) is 11.5. The van der Waals surface area contributed by atoms with Crippen LogP contribution < -0.4 is 10.6 Å². The number of anilines is 2. The zero-order chi connectivity index (χ0) is 36.8. The van der Waals surface area contributed by atoms with Gasteiger partial charge < -0.3 is 10.6 Å². The van der Waals surface area contributed by atoms with Crippen LogP contribution in [0.3, 0.4) is 0 Å². The number of aromatic nitrogens is 4. The SMILES string of the molecule is Cn1cc(C(=O)Nc2ccccc2-c2cc(Cl)cc(Cl)c2)c(C(F)F)n1.Cn1cc(C(=O)Nc2ccccc2-c2cccc(F)c2)c(C(F)F)n1.